The van der Waals surface area contributed by atoms with Crippen LogP contribution in [-0.4, -0.2) is 49.1 Å². The van der Waals surface area contributed by atoms with E-state index in [0.717, 1.165) is 12.3 Å². The summed E-state index contributed by atoms with van der Waals surface area (Å²) >= 11 is 0. The minimum Gasteiger partial charge on any atom is -0.390 e. The van der Waals surface area contributed by atoms with Crippen molar-refractivity contribution in [2.75, 3.05) is 0 Å². The molecule has 0 saturated carbocycles. The average Bonchev–Trinajstić information content (AvgIpc) is 2.73. The van der Waals surface area contributed by atoms with E-state index >= 15 is 0 Å². The third kappa shape index (κ3) is 2.29. The third-order valence-corrected chi connectivity index (χ3v) is 3.31. The van der Waals surface area contributed by atoms with Gasteiger partial charge in [0.2, 0.25) is 0 Å². The van der Waals surface area contributed by atoms with Gasteiger partial charge in [-0.3, -0.25) is 9.36 Å². The van der Waals surface area contributed by atoms with E-state index in [-0.39, 0.29) is 6.42 Å². The van der Waals surface area contributed by atoms with Crippen molar-refractivity contribution in [3.63, 3.8) is 0 Å². The fourth-order valence-electron chi connectivity index (χ4n) is 2.13. The lowest BCUT2D eigenvalue weighted by Gasteiger charge is -2.19. The maximum Gasteiger partial charge on any atom is 0.362 e. The van der Waals surface area contributed by atoms with Gasteiger partial charge in [-0.15, -0.1) is 0 Å². The van der Waals surface area contributed by atoms with Gasteiger partial charge in [0.25, 0.3) is 5.56 Å². The lowest BCUT2D eigenvalue weighted by Crippen LogP contribution is -2.41. The number of hydrogen-bond donors (Lipinski definition) is 3. The molecule has 0 bridgehead atoms. The molecule has 1 aromatic heterocycles. The van der Waals surface area contributed by atoms with Gasteiger partial charge in [-0.25, -0.2) is 4.79 Å². The van der Waals surface area contributed by atoms with Gasteiger partial charge in [0, 0.05) is 12.3 Å². The van der Waals surface area contributed by atoms with Gasteiger partial charge in [0.1, 0.15) is 18.3 Å². The minimum absolute atomic E-state index is 0.263. The van der Waals surface area contributed by atoms with Gasteiger partial charge in [0.15, 0.2) is 6.23 Å². The maximum absolute atomic E-state index is 13.2. The maximum atomic E-state index is 13.2. The Kier molecular flexibility index (Phi) is 4.04. The number of halogens is 1. The zero-order valence-electron chi connectivity index (χ0n) is 10.6. The Labute approximate surface area is 112 Å². The summed E-state index contributed by atoms with van der Waals surface area (Å²) in [6, 6.07) is 0.785. The van der Waals surface area contributed by atoms with Crippen molar-refractivity contribution in [3.8, 4) is 0 Å². The Balaban J connectivity index is 2.38. The monoisotopic (exact) mass is 290 g/mol. The van der Waals surface area contributed by atoms with Crippen LogP contribution in [0.15, 0.2) is 21.9 Å². The molecule has 0 aromatic carbocycles. The van der Waals surface area contributed by atoms with Gasteiger partial charge in [-0.2, -0.15) is 0 Å². The highest BCUT2D eigenvalue weighted by Gasteiger charge is 2.46. The standard InChI is InChI=1S/C11H15FN2O6/c1-2-5(15)9-7(17)8(18)10(20-9)13-4-3-6(16)14(12)11(13)19/h3-5,7-10,15,17-18H,2H2,1H3/t5?,7-,8-,9+,10?/m0/s1. The first-order valence-corrected chi connectivity index (χ1v) is 6.08. The SMILES string of the molecule is CCC(O)[C@H]1OC(n2ccc(=O)n(F)c2=O)[C@@H](O)[C@@H]1O. The molecular formula is C11H15FN2O6. The summed E-state index contributed by atoms with van der Waals surface area (Å²) in [4.78, 5) is 21.9. The van der Waals surface area contributed by atoms with Crippen LogP contribution >= 0.6 is 0 Å². The summed E-state index contributed by atoms with van der Waals surface area (Å²) in [5.74, 6) is 0. The quantitative estimate of drug-likeness (QED) is 0.601. The highest BCUT2D eigenvalue weighted by atomic mass is 19.2. The Morgan fingerprint density at radius 2 is 2.05 bits per heavy atom. The van der Waals surface area contributed by atoms with Crippen LogP contribution in [0.4, 0.5) is 4.48 Å². The number of aliphatic hydroxyl groups is 3. The van der Waals surface area contributed by atoms with Crippen molar-refractivity contribution in [3.05, 3.63) is 33.1 Å². The average molecular weight is 290 g/mol. The second-order valence-corrected chi connectivity index (χ2v) is 4.57. The summed E-state index contributed by atoms with van der Waals surface area (Å²) < 4.78 is 19.1. The molecule has 8 nitrogen and oxygen atoms in total. The first-order valence-electron chi connectivity index (χ1n) is 6.08. The molecule has 0 amide bonds. The van der Waals surface area contributed by atoms with Crippen LogP contribution in [0.3, 0.4) is 0 Å². The predicted molar refractivity (Wildman–Crippen MR) is 63.7 cm³/mol. The molecule has 0 radical (unpaired) electrons. The topological polar surface area (TPSA) is 114 Å². The van der Waals surface area contributed by atoms with E-state index in [1.165, 1.54) is 0 Å². The fourth-order valence-corrected chi connectivity index (χ4v) is 2.13. The number of nitrogens with zero attached hydrogens (tertiary/aromatic N) is 2. The molecule has 0 aliphatic carbocycles. The zero-order valence-corrected chi connectivity index (χ0v) is 10.6. The normalized spacial score (nSPS) is 31.4. The molecule has 2 unspecified atom stereocenters. The molecule has 0 spiro atoms. The molecule has 9 heteroatoms. The molecule has 1 aliphatic heterocycles. The van der Waals surface area contributed by atoms with Crippen molar-refractivity contribution in [2.45, 2.75) is 44.0 Å². The number of rotatable bonds is 3. The van der Waals surface area contributed by atoms with Gasteiger partial charge in [-0.1, -0.05) is 16.2 Å². The van der Waals surface area contributed by atoms with Crippen molar-refractivity contribution in [2.24, 2.45) is 0 Å². The highest BCUT2D eigenvalue weighted by Crippen LogP contribution is 2.30. The zero-order chi connectivity index (χ0) is 15.0. The first kappa shape index (κ1) is 14.9. The van der Waals surface area contributed by atoms with Crippen LogP contribution in [0.2, 0.25) is 0 Å². The Morgan fingerprint density at radius 1 is 1.40 bits per heavy atom. The summed E-state index contributed by atoms with van der Waals surface area (Å²) in [6.07, 6.45) is -5.27. The van der Waals surface area contributed by atoms with E-state index in [0.29, 0.717) is 4.57 Å². The van der Waals surface area contributed by atoms with E-state index in [9.17, 15) is 29.4 Å². The molecule has 1 saturated heterocycles. The molecular weight excluding hydrogens is 275 g/mol. The summed E-state index contributed by atoms with van der Waals surface area (Å²) in [7, 11) is 0. The second-order valence-electron chi connectivity index (χ2n) is 4.57. The van der Waals surface area contributed by atoms with E-state index in [1.54, 1.807) is 6.92 Å². The van der Waals surface area contributed by atoms with E-state index in [4.69, 9.17) is 4.74 Å². The summed E-state index contributed by atoms with van der Waals surface area (Å²) in [5, 5.41) is 29.3. The number of aliphatic hydroxyl groups excluding tert-OH is 3. The lowest BCUT2D eigenvalue weighted by molar-refractivity contribution is -0.0873. The Morgan fingerprint density at radius 3 is 2.65 bits per heavy atom. The van der Waals surface area contributed by atoms with Gasteiger partial charge in [-0.05, 0) is 6.42 Å². The smallest absolute Gasteiger partial charge is 0.362 e. The number of aromatic nitrogens is 2. The van der Waals surface area contributed by atoms with Crippen molar-refractivity contribution < 1.29 is 24.5 Å². The fraction of sp³-hybridized carbons (Fsp3) is 0.636. The summed E-state index contributed by atoms with van der Waals surface area (Å²) in [5.41, 5.74) is -2.48. The van der Waals surface area contributed by atoms with E-state index in [1.807, 2.05) is 0 Å². The van der Waals surface area contributed by atoms with Crippen molar-refractivity contribution >= 4 is 0 Å². The van der Waals surface area contributed by atoms with Crippen molar-refractivity contribution in [1.82, 2.24) is 9.36 Å². The third-order valence-electron chi connectivity index (χ3n) is 3.31. The number of ether oxygens (including phenoxy) is 1. The Hall–Kier alpha value is -1.55. The molecule has 1 fully saturated rings. The molecule has 1 aromatic rings. The van der Waals surface area contributed by atoms with Crippen LogP contribution in [-0.2, 0) is 4.74 Å². The van der Waals surface area contributed by atoms with Gasteiger partial charge < -0.3 is 20.1 Å². The minimum atomic E-state index is -1.53. The van der Waals surface area contributed by atoms with Crippen LogP contribution in [0, 0.1) is 0 Å². The van der Waals surface area contributed by atoms with Crippen LogP contribution in [0.1, 0.15) is 19.6 Å². The van der Waals surface area contributed by atoms with Crippen molar-refractivity contribution in [1.29, 1.82) is 0 Å². The molecule has 1 aliphatic rings. The lowest BCUT2D eigenvalue weighted by atomic mass is 10.0. The van der Waals surface area contributed by atoms with Crippen LogP contribution < -0.4 is 11.2 Å². The van der Waals surface area contributed by atoms with Gasteiger partial charge >= 0.3 is 5.69 Å². The molecule has 112 valence electrons. The molecule has 20 heavy (non-hydrogen) atoms. The number of hydrogen-bond acceptors (Lipinski definition) is 6. The molecule has 3 N–H and O–H groups in total. The van der Waals surface area contributed by atoms with E-state index < -0.39 is 46.7 Å². The highest BCUT2D eigenvalue weighted by molar-refractivity contribution is 4.95. The summed E-state index contributed by atoms with van der Waals surface area (Å²) in [6.45, 7) is 1.65. The Bertz CT molecular complexity index is 599. The van der Waals surface area contributed by atoms with Crippen LogP contribution in [0.5, 0.6) is 0 Å². The first-order chi connectivity index (χ1) is 9.38. The predicted octanol–water partition coefficient (Wildman–Crippen LogP) is -1.87. The van der Waals surface area contributed by atoms with Gasteiger partial charge in [0.05, 0.1) is 6.10 Å². The van der Waals surface area contributed by atoms with Crippen LogP contribution in [0.25, 0.3) is 0 Å². The largest absolute Gasteiger partial charge is 0.390 e. The molecule has 2 heterocycles. The second kappa shape index (κ2) is 5.44. The molecule has 2 rings (SSSR count). The van der Waals surface area contributed by atoms with E-state index in [2.05, 4.69) is 0 Å². The molecule has 5 atom stereocenters.